The average molecular weight is 310 g/mol. The van der Waals surface area contributed by atoms with Crippen molar-refractivity contribution in [1.29, 1.82) is 0 Å². The minimum absolute atomic E-state index is 0.0395. The fraction of sp³-hybridized carbons (Fsp3) is 0.333. The molecule has 1 aliphatic rings. The third-order valence-electron chi connectivity index (χ3n) is 3.55. The van der Waals surface area contributed by atoms with E-state index in [1.165, 1.54) is 6.92 Å². The smallest absolute Gasteiger partial charge is 0.147 e. The molecule has 0 saturated heterocycles. The zero-order chi connectivity index (χ0) is 15.1. The van der Waals surface area contributed by atoms with Gasteiger partial charge in [-0.05, 0) is 38.3 Å². The third kappa shape index (κ3) is 2.83. The summed E-state index contributed by atoms with van der Waals surface area (Å²) >= 11 is 6.09. The van der Waals surface area contributed by atoms with Crippen LogP contribution in [0.15, 0.2) is 12.1 Å². The Morgan fingerprint density at radius 2 is 1.86 bits per heavy atom. The zero-order valence-corrected chi connectivity index (χ0v) is 12.4. The Kier molecular flexibility index (Phi) is 3.53. The maximum atomic E-state index is 13.9. The number of hydrogen-bond acceptors (Lipinski definition) is 3. The molecule has 6 heteroatoms. The van der Waals surface area contributed by atoms with Crippen molar-refractivity contribution in [2.24, 2.45) is 0 Å². The predicted octanol–water partition coefficient (Wildman–Crippen LogP) is 4.65. The lowest BCUT2D eigenvalue weighted by atomic mass is 10.2. The molecule has 0 bridgehead atoms. The van der Waals surface area contributed by atoms with Crippen molar-refractivity contribution >= 4 is 23.1 Å². The number of aromatic nitrogens is 2. The van der Waals surface area contributed by atoms with Gasteiger partial charge in [0.25, 0.3) is 0 Å². The number of benzene rings is 1. The highest BCUT2D eigenvalue weighted by atomic mass is 35.5. The van der Waals surface area contributed by atoms with E-state index in [2.05, 4.69) is 15.3 Å². The predicted molar refractivity (Wildman–Crippen MR) is 78.1 cm³/mol. The topological polar surface area (TPSA) is 37.8 Å². The van der Waals surface area contributed by atoms with Crippen LogP contribution >= 0.6 is 11.6 Å². The van der Waals surface area contributed by atoms with Crippen molar-refractivity contribution in [3.05, 3.63) is 45.9 Å². The fourth-order valence-corrected chi connectivity index (χ4v) is 2.20. The van der Waals surface area contributed by atoms with Gasteiger partial charge in [-0.1, -0.05) is 11.6 Å². The van der Waals surface area contributed by atoms with Crippen molar-refractivity contribution in [2.45, 2.75) is 32.6 Å². The summed E-state index contributed by atoms with van der Waals surface area (Å²) in [4.78, 5) is 8.63. The molecule has 3 nitrogen and oxygen atoms in total. The van der Waals surface area contributed by atoms with Gasteiger partial charge in [0.05, 0.1) is 5.69 Å². The summed E-state index contributed by atoms with van der Waals surface area (Å²) in [6.45, 7) is 3.25. The van der Waals surface area contributed by atoms with Gasteiger partial charge in [0.1, 0.15) is 28.4 Å². The molecule has 0 spiro atoms. The lowest BCUT2D eigenvalue weighted by Crippen LogP contribution is -2.05. The highest BCUT2D eigenvalue weighted by Gasteiger charge is 2.28. The summed E-state index contributed by atoms with van der Waals surface area (Å²) < 4.78 is 27.5. The number of hydrogen-bond donors (Lipinski definition) is 1. The Labute approximate surface area is 126 Å². The molecule has 0 radical (unpaired) electrons. The van der Waals surface area contributed by atoms with E-state index in [1.54, 1.807) is 6.92 Å². The number of halogens is 3. The van der Waals surface area contributed by atoms with Crippen LogP contribution in [-0.2, 0) is 0 Å². The van der Waals surface area contributed by atoms with Crippen LogP contribution in [0.5, 0.6) is 0 Å². The molecule has 0 atom stereocenters. The van der Waals surface area contributed by atoms with Crippen LogP contribution in [0, 0.1) is 25.5 Å². The number of anilines is 2. The molecule has 1 N–H and O–H groups in total. The Morgan fingerprint density at radius 1 is 1.14 bits per heavy atom. The van der Waals surface area contributed by atoms with Crippen molar-refractivity contribution in [3.63, 3.8) is 0 Å². The van der Waals surface area contributed by atoms with Crippen molar-refractivity contribution in [2.75, 3.05) is 5.32 Å². The molecular weight excluding hydrogens is 296 g/mol. The van der Waals surface area contributed by atoms with Crippen LogP contribution < -0.4 is 5.32 Å². The SMILES string of the molecule is Cc1cc(F)c(Nc2nc(C3CC3)nc(Cl)c2C)cc1F. The van der Waals surface area contributed by atoms with E-state index in [9.17, 15) is 8.78 Å². The van der Waals surface area contributed by atoms with Crippen molar-refractivity contribution in [1.82, 2.24) is 9.97 Å². The van der Waals surface area contributed by atoms with Crippen LogP contribution in [0.4, 0.5) is 20.3 Å². The summed E-state index contributed by atoms with van der Waals surface area (Å²) in [5.41, 5.74) is 0.910. The number of nitrogens with zero attached hydrogens (tertiary/aromatic N) is 2. The van der Waals surface area contributed by atoms with E-state index in [-0.39, 0.29) is 11.3 Å². The largest absolute Gasteiger partial charge is 0.337 e. The van der Waals surface area contributed by atoms with Crippen LogP contribution in [0.1, 0.15) is 35.7 Å². The lowest BCUT2D eigenvalue weighted by molar-refractivity contribution is 0.595. The van der Waals surface area contributed by atoms with E-state index in [0.717, 1.165) is 25.0 Å². The monoisotopic (exact) mass is 309 g/mol. The molecule has 3 rings (SSSR count). The molecule has 1 aliphatic carbocycles. The Balaban J connectivity index is 1.99. The summed E-state index contributed by atoms with van der Waals surface area (Å²) in [5.74, 6) is 0.388. The Morgan fingerprint density at radius 3 is 2.52 bits per heavy atom. The maximum Gasteiger partial charge on any atom is 0.147 e. The molecule has 0 amide bonds. The van der Waals surface area contributed by atoms with E-state index in [1.807, 2.05) is 0 Å². The second kappa shape index (κ2) is 5.22. The number of nitrogens with one attached hydrogen (secondary N) is 1. The first-order chi connectivity index (χ1) is 9.95. The molecule has 0 aliphatic heterocycles. The van der Waals surface area contributed by atoms with E-state index >= 15 is 0 Å². The first-order valence-corrected chi connectivity index (χ1v) is 7.10. The highest BCUT2D eigenvalue weighted by Crippen LogP contribution is 2.39. The van der Waals surface area contributed by atoms with Crippen molar-refractivity contribution in [3.8, 4) is 0 Å². The number of aryl methyl sites for hydroxylation is 1. The minimum atomic E-state index is -0.531. The van der Waals surface area contributed by atoms with Gasteiger partial charge in [0, 0.05) is 17.5 Å². The van der Waals surface area contributed by atoms with Crippen molar-refractivity contribution < 1.29 is 8.78 Å². The summed E-state index contributed by atoms with van der Waals surface area (Å²) in [5, 5.41) is 3.16. The van der Waals surface area contributed by atoms with E-state index < -0.39 is 11.6 Å². The van der Waals surface area contributed by atoms with E-state index in [0.29, 0.717) is 28.3 Å². The van der Waals surface area contributed by atoms with Gasteiger partial charge in [0.15, 0.2) is 0 Å². The molecule has 1 aromatic carbocycles. The van der Waals surface area contributed by atoms with Crippen LogP contribution in [0.2, 0.25) is 5.15 Å². The highest BCUT2D eigenvalue weighted by molar-refractivity contribution is 6.30. The van der Waals surface area contributed by atoms with Crippen LogP contribution in [-0.4, -0.2) is 9.97 Å². The van der Waals surface area contributed by atoms with Gasteiger partial charge >= 0.3 is 0 Å². The molecule has 21 heavy (non-hydrogen) atoms. The first-order valence-electron chi connectivity index (χ1n) is 6.72. The van der Waals surface area contributed by atoms with E-state index in [4.69, 9.17) is 11.6 Å². The summed E-state index contributed by atoms with van der Waals surface area (Å²) in [7, 11) is 0. The molecule has 1 aromatic heterocycles. The second-order valence-electron chi connectivity index (χ2n) is 5.33. The first kappa shape index (κ1) is 14.2. The average Bonchev–Trinajstić information content (AvgIpc) is 3.25. The minimum Gasteiger partial charge on any atom is -0.337 e. The third-order valence-corrected chi connectivity index (χ3v) is 3.92. The van der Waals surface area contributed by atoms with Gasteiger partial charge in [-0.15, -0.1) is 0 Å². The standard InChI is InChI=1S/C15H14ClF2N3/c1-7-5-11(18)12(6-10(7)17)19-14-8(2)13(16)20-15(21-14)9-3-4-9/h5-6,9H,3-4H2,1-2H3,(H,19,20,21). The lowest BCUT2D eigenvalue weighted by Gasteiger charge is -2.12. The maximum absolute atomic E-state index is 13.9. The fourth-order valence-electron chi connectivity index (χ4n) is 2.02. The summed E-state index contributed by atoms with van der Waals surface area (Å²) in [6, 6.07) is 2.27. The quantitative estimate of drug-likeness (QED) is 0.839. The molecule has 1 heterocycles. The van der Waals surface area contributed by atoms with Crippen LogP contribution in [0.25, 0.3) is 0 Å². The molecule has 2 aromatic rings. The van der Waals surface area contributed by atoms with Gasteiger partial charge in [-0.2, -0.15) is 0 Å². The van der Waals surface area contributed by atoms with Gasteiger partial charge in [-0.3, -0.25) is 0 Å². The van der Waals surface area contributed by atoms with Gasteiger partial charge < -0.3 is 5.32 Å². The second-order valence-corrected chi connectivity index (χ2v) is 5.68. The zero-order valence-electron chi connectivity index (χ0n) is 11.7. The van der Waals surface area contributed by atoms with Gasteiger partial charge in [-0.25, -0.2) is 18.7 Å². The molecule has 0 unspecified atom stereocenters. The van der Waals surface area contributed by atoms with Crippen LogP contribution in [0.3, 0.4) is 0 Å². The Hall–Kier alpha value is -1.75. The number of rotatable bonds is 3. The normalized spacial score (nSPS) is 14.3. The molecule has 1 fully saturated rings. The summed E-state index contributed by atoms with van der Waals surface area (Å²) in [6.07, 6.45) is 2.07. The van der Waals surface area contributed by atoms with Gasteiger partial charge in [0.2, 0.25) is 0 Å². The molecular formula is C15H14ClF2N3. The molecule has 110 valence electrons. The molecule has 1 saturated carbocycles. The Bertz CT molecular complexity index is 715.